The van der Waals surface area contributed by atoms with Gasteiger partial charge in [-0.1, -0.05) is 23.7 Å². The molecule has 23 heavy (non-hydrogen) atoms. The number of hydrogen-bond acceptors (Lipinski definition) is 6. The van der Waals surface area contributed by atoms with Gasteiger partial charge < -0.3 is 4.52 Å². The molecule has 0 aliphatic rings. The Labute approximate surface area is 135 Å². The first-order chi connectivity index (χ1) is 10.7. The SMILES string of the molecule is CCc1onc(C)c1NS(=O)(=O)c1cc(Cl)c([N+](=O)[O-])cc1F. The molecule has 0 saturated carbocycles. The van der Waals surface area contributed by atoms with Crippen molar-refractivity contribution in [3.05, 3.63) is 44.5 Å². The first-order valence-electron chi connectivity index (χ1n) is 6.28. The lowest BCUT2D eigenvalue weighted by Crippen LogP contribution is -2.16. The Morgan fingerprint density at radius 1 is 1.48 bits per heavy atom. The summed E-state index contributed by atoms with van der Waals surface area (Å²) in [6, 6.07) is 1.14. The zero-order valence-electron chi connectivity index (χ0n) is 12.0. The molecule has 0 saturated heterocycles. The van der Waals surface area contributed by atoms with E-state index in [-0.39, 0.29) is 17.1 Å². The van der Waals surface area contributed by atoms with Crippen LogP contribution in [0.5, 0.6) is 0 Å². The fraction of sp³-hybridized carbons (Fsp3) is 0.250. The lowest BCUT2D eigenvalue weighted by Gasteiger charge is -2.09. The van der Waals surface area contributed by atoms with Crippen LogP contribution in [0, 0.1) is 22.9 Å². The summed E-state index contributed by atoms with van der Waals surface area (Å²) in [7, 11) is -4.37. The van der Waals surface area contributed by atoms with Crippen LogP contribution in [-0.4, -0.2) is 18.5 Å². The molecule has 1 heterocycles. The summed E-state index contributed by atoms with van der Waals surface area (Å²) >= 11 is 5.64. The third-order valence-electron chi connectivity index (χ3n) is 2.98. The number of rotatable bonds is 5. The van der Waals surface area contributed by atoms with E-state index in [2.05, 4.69) is 9.88 Å². The van der Waals surface area contributed by atoms with Gasteiger partial charge in [0.25, 0.3) is 15.7 Å². The second-order valence-electron chi connectivity index (χ2n) is 4.52. The maximum Gasteiger partial charge on any atom is 0.290 e. The summed E-state index contributed by atoms with van der Waals surface area (Å²) in [5.74, 6) is -1.01. The Morgan fingerprint density at radius 2 is 2.13 bits per heavy atom. The van der Waals surface area contributed by atoms with Gasteiger partial charge in [-0.25, -0.2) is 12.8 Å². The topological polar surface area (TPSA) is 115 Å². The monoisotopic (exact) mass is 363 g/mol. The van der Waals surface area contributed by atoms with Crippen LogP contribution in [0.4, 0.5) is 15.8 Å². The van der Waals surface area contributed by atoms with Gasteiger partial charge in [0.05, 0.1) is 11.0 Å². The second-order valence-corrected chi connectivity index (χ2v) is 6.57. The van der Waals surface area contributed by atoms with Crippen molar-refractivity contribution in [2.24, 2.45) is 0 Å². The number of nitro benzene ring substituents is 1. The number of nitrogens with one attached hydrogen (secondary N) is 1. The van der Waals surface area contributed by atoms with E-state index in [0.29, 0.717) is 18.6 Å². The maximum atomic E-state index is 14.0. The lowest BCUT2D eigenvalue weighted by atomic mass is 10.3. The molecule has 8 nitrogen and oxygen atoms in total. The van der Waals surface area contributed by atoms with Gasteiger partial charge in [0.15, 0.2) is 11.6 Å². The zero-order valence-corrected chi connectivity index (χ0v) is 13.5. The Balaban J connectivity index is 2.50. The standard InChI is InChI=1S/C12H11ClFN3O5S/c1-3-10-12(6(2)15-22-10)16-23(20,21)11-4-7(13)9(17(18)19)5-8(11)14/h4-5,16H,3H2,1-2H3. The Bertz CT molecular complexity index is 881. The Morgan fingerprint density at radius 3 is 2.70 bits per heavy atom. The number of aromatic nitrogens is 1. The number of nitrogens with zero attached hydrogens (tertiary/aromatic N) is 2. The van der Waals surface area contributed by atoms with Crippen molar-refractivity contribution in [2.75, 3.05) is 4.72 Å². The van der Waals surface area contributed by atoms with Gasteiger partial charge in [0, 0.05) is 6.42 Å². The number of sulfonamides is 1. The molecule has 2 rings (SSSR count). The highest BCUT2D eigenvalue weighted by atomic mass is 35.5. The van der Waals surface area contributed by atoms with Crippen molar-refractivity contribution in [3.8, 4) is 0 Å². The van der Waals surface area contributed by atoms with E-state index in [9.17, 15) is 22.9 Å². The molecule has 124 valence electrons. The molecule has 0 atom stereocenters. The Hall–Kier alpha value is -2.20. The zero-order chi connectivity index (χ0) is 17.4. The van der Waals surface area contributed by atoms with Gasteiger partial charge in [0.1, 0.15) is 21.3 Å². The molecule has 1 N–H and O–H groups in total. The van der Waals surface area contributed by atoms with Crippen LogP contribution in [0.2, 0.25) is 5.02 Å². The fourth-order valence-corrected chi connectivity index (χ4v) is 3.37. The van der Waals surface area contributed by atoms with Gasteiger partial charge in [-0.15, -0.1) is 0 Å². The number of anilines is 1. The molecule has 0 amide bonds. The molecule has 11 heteroatoms. The minimum atomic E-state index is -4.37. The van der Waals surface area contributed by atoms with E-state index in [4.69, 9.17) is 16.1 Å². The largest absolute Gasteiger partial charge is 0.359 e. The van der Waals surface area contributed by atoms with Crippen LogP contribution in [0.1, 0.15) is 18.4 Å². The first kappa shape index (κ1) is 17.2. The van der Waals surface area contributed by atoms with E-state index in [1.54, 1.807) is 6.92 Å². The predicted octanol–water partition coefficient (Wildman–Crippen LogP) is 3.05. The minimum absolute atomic E-state index is 0.0985. The normalized spacial score (nSPS) is 11.5. The number of hydrogen-bond donors (Lipinski definition) is 1. The fourth-order valence-electron chi connectivity index (χ4n) is 1.84. The molecule has 0 aliphatic carbocycles. The predicted molar refractivity (Wildman–Crippen MR) is 79.5 cm³/mol. The van der Waals surface area contributed by atoms with Crippen LogP contribution in [0.15, 0.2) is 21.6 Å². The van der Waals surface area contributed by atoms with E-state index in [1.165, 1.54) is 6.92 Å². The average Bonchev–Trinajstić information content (AvgIpc) is 2.80. The van der Waals surface area contributed by atoms with Gasteiger partial charge in [-0.05, 0) is 13.0 Å². The van der Waals surface area contributed by atoms with Gasteiger partial charge in [0.2, 0.25) is 0 Å². The molecule has 0 spiro atoms. The molecule has 0 fully saturated rings. The minimum Gasteiger partial charge on any atom is -0.359 e. The molecular formula is C12H11ClFN3O5S. The molecule has 1 aromatic carbocycles. The third kappa shape index (κ3) is 3.27. The summed E-state index contributed by atoms with van der Waals surface area (Å²) in [6.45, 7) is 3.24. The third-order valence-corrected chi connectivity index (χ3v) is 4.65. The van der Waals surface area contributed by atoms with Crippen molar-refractivity contribution in [3.63, 3.8) is 0 Å². The lowest BCUT2D eigenvalue weighted by molar-refractivity contribution is -0.384. The van der Waals surface area contributed by atoms with E-state index in [0.717, 1.165) is 0 Å². The highest BCUT2D eigenvalue weighted by Crippen LogP contribution is 2.31. The van der Waals surface area contributed by atoms with Crippen molar-refractivity contribution < 1.29 is 22.3 Å². The van der Waals surface area contributed by atoms with Crippen LogP contribution < -0.4 is 4.72 Å². The van der Waals surface area contributed by atoms with E-state index < -0.39 is 36.4 Å². The van der Waals surface area contributed by atoms with Gasteiger partial charge in [-0.3, -0.25) is 14.8 Å². The van der Waals surface area contributed by atoms with Crippen LogP contribution in [0.25, 0.3) is 0 Å². The molecule has 1 aromatic heterocycles. The maximum absolute atomic E-state index is 14.0. The van der Waals surface area contributed by atoms with Crippen molar-refractivity contribution in [1.29, 1.82) is 0 Å². The summed E-state index contributed by atoms with van der Waals surface area (Å²) < 4.78 is 45.7. The van der Waals surface area contributed by atoms with Gasteiger partial charge in [-0.2, -0.15) is 0 Å². The number of nitro groups is 1. The van der Waals surface area contributed by atoms with E-state index in [1.807, 2.05) is 0 Å². The molecular weight excluding hydrogens is 353 g/mol. The second kappa shape index (κ2) is 6.13. The Kier molecular flexibility index (Phi) is 4.57. The summed E-state index contributed by atoms with van der Waals surface area (Å²) in [5.41, 5.74) is -0.348. The van der Waals surface area contributed by atoms with Gasteiger partial charge >= 0.3 is 0 Å². The first-order valence-corrected chi connectivity index (χ1v) is 8.15. The highest BCUT2D eigenvalue weighted by Gasteiger charge is 2.27. The van der Waals surface area contributed by atoms with Crippen molar-refractivity contribution in [1.82, 2.24) is 5.16 Å². The smallest absolute Gasteiger partial charge is 0.290 e. The van der Waals surface area contributed by atoms with Crippen LogP contribution >= 0.6 is 11.6 Å². The van der Waals surface area contributed by atoms with Crippen molar-refractivity contribution in [2.45, 2.75) is 25.2 Å². The highest BCUT2D eigenvalue weighted by molar-refractivity contribution is 7.92. The van der Waals surface area contributed by atoms with Crippen molar-refractivity contribution >= 4 is 33.0 Å². The molecule has 2 aromatic rings. The average molecular weight is 364 g/mol. The number of aryl methyl sites for hydroxylation is 2. The summed E-state index contributed by atoms with van der Waals surface area (Å²) in [4.78, 5) is 8.97. The molecule has 0 radical (unpaired) electrons. The summed E-state index contributed by atoms with van der Waals surface area (Å²) in [5, 5.41) is 13.8. The van der Waals surface area contributed by atoms with Crippen LogP contribution in [0.3, 0.4) is 0 Å². The number of halogens is 2. The summed E-state index contributed by atoms with van der Waals surface area (Å²) in [6.07, 6.45) is 0.363. The van der Waals surface area contributed by atoms with Crippen LogP contribution in [-0.2, 0) is 16.4 Å². The molecule has 0 aliphatic heterocycles. The molecule has 0 bridgehead atoms. The van der Waals surface area contributed by atoms with E-state index >= 15 is 0 Å². The number of benzene rings is 1. The quantitative estimate of drug-likeness (QED) is 0.644. The molecule has 0 unspecified atom stereocenters.